The molecule has 2 heteroatoms. The third kappa shape index (κ3) is 3.24. The van der Waals surface area contributed by atoms with Crippen LogP contribution in [0.15, 0.2) is 24.3 Å². The summed E-state index contributed by atoms with van der Waals surface area (Å²) in [6, 6.07) is 7.58. The van der Waals surface area contributed by atoms with Gasteiger partial charge in [0.15, 0.2) is 0 Å². The van der Waals surface area contributed by atoms with Crippen molar-refractivity contribution in [2.75, 3.05) is 19.6 Å². The van der Waals surface area contributed by atoms with Gasteiger partial charge in [0.25, 0.3) is 0 Å². The predicted molar refractivity (Wildman–Crippen MR) is 68.9 cm³/mol. The average molecular weight is 221 g/mol. The molecule has 0 radical (unpaired) electrons. The fourth-order valence-corrected chi connectivity index (χ4v) is 2.02. The molecule has 0 saturated heterocycles. The Labute approximate surface area is 98.9 Å². The van der Waals surface area contributed by atoms with Gasteiger partial charge >= 0.3 is 0 Å². The van der Waals surface area contributed by atoms with E-state index in [0.717, 1.165) is 19.6 Å². The van der Waals surface area contributed by atoms with E-state index in [1.165, 1.54) is 5.56 Å². The Morgan fingerprint density at radius 2 is 1.81 bits per heavy atom. The number of nitrogens with zero attached hydrogens (tertiary/aromatic N) is 1. The molecule has 0 heterocycles. The molecule has 0 aliphatic carbocycles. The van der Waals surface area contributed by atoms with E-state index in [2.05, 4.69) is 38.7 Å². The van der Waals surface area contributed by atoms with Crippen molar-refractivity contribution in [3.05, 3.63) is 29.8 Å². The molecular formula is C14H23NO. The summed E-state index contributed by atoms with van der Waals surface area (Å²) in [5, 5.41) is 9.51. The first-order chi connectivity index (χ1) is 7.49. The van der Waals surface area contributed by atoms with Crippen LogP contribution in [0, 0.1) is 0 Å². The molecule has 0 spiro atoms. The minimum atomic E-state index is 0.0742. The van der Waals surface area contributed by atoms with Crippen LogP contribution in [0.25, 0.3) is 0 Å². The van der Waals surface area contributed by atoms with Gasteiger partial charge in [-0.1, -0.05) is 39.8 Å². The Morgan fingerprint density at radius 3 is 2.31 bits per heavy atom. The van der Waals surface area contributed by atoms with Crippen LogP contribution in [-0.2, 0) is 5.41 Å². The van der Waals surface area contributed by atoms with E-state index >= 15 is 0 Å². The van der Waals surface area contributed by atoms with Crippen molar-refractivity contribution >= 4 is 0 Å². The van der Waals surface area contributed by atoms with Crippen LogP contribution in [0.2, 0.25) is 0 Å². The molecule has 0 amide bonds. The molecule has 1 rings (SSSR count). The SMILES string of the molecule is CCN(CC)CC(C)(C)c1cccc(O)c1. The first kappa shape index (κ1) is 13.0. The van der Waals surface area contributed by atoms with Crippen LogP contribution in [0.3, 0.4) is 0 Å². The van der Waals surface area contributed by atoms with Crippen LogP contribution >= 0.6 is 0 Å². The number of hydrogen-bond donors (Lipinski definition) is 1. The second-order valence-electron chi connectivity index (χ2n) is 4.90. The smallest absolute Gasteiger partial charge is 0.115 e. The maximum atomic E-state index is 9.51. The average Bonchev–Trinajstić information content (AvgIpc) is 2.26. The number of hydrogen-bond acceptors (Lipinski definition) is 2. The van der Waals surface area contributed by atoms with Crippen LogP contribution in [0.1, 0.15) is 33.3 Å². The Hall–Kier alpha value is -1.02. The van der Waals surface area contributed by atoms with E-state index in [0.29, 0.717) is 5.75 Å². The fourth-order valence-electron chi connectivity index (χ4n) is 2.02. The van der Waals surface area contributed by atoms with Crippen molar-refractivity contribution in [3.63, 3.8) is 0 Å². The highest BCUT2D eigenvalue weighted by atomic mass is 16.3. The van der Waals surface area contributed by atoms with Crippen molar-refractivity contribution in [1.29, 1.82) is 0 Å². The molecule has 1 aromatic rings. The van der Waals surface area contributed by atoms with Gasteiger partial charge in [-0.15, -0.1) is 0 Å². The molecule has 2 nitrogen and oxygen atoms in total. The molecule has 0 fully saturated rings. The van der Waals surface area contributed by atoms with Crippen molar-refractivity contribution in [1.82, 2.24) is 4.90 Å². The highest BCUT2D eigenvalue weighted by molar-refractivity contribution is 5.32. The molecule has 1 aromatic carbocycles. The van der Waals surface area contributed by atoms with Gasteiger partial charge in [0, 0.05) is 12.0 Å². The monoisotopic (exact) mass is 221 g/mol. The van der Waals surface area contributed by atoms with Gasteiger partial charge in [0.05, 0.1) is 0 Å². The molecule has 90 valence electrons. The van der Waals surface area contributed by atoms with E-state index in [1.54, 1.807) is 6.07 Å². The number of phenols is 1. The lowest BCUT2D eigenvalue weighted by Gasteiger charge is -2.32. The molecule has 0 aliphatic rings. The molecule has 0 aromatic heterocycles. The topological polar surface area (TPSA) is 23.5 Å². The highest BCUT2D eigenvalue weighted by Gasteiger charge is 2.23. The second kappa shape index (κ2) is 5.35. The highest BCUT2D eigenvalue weighted by Crippen LogP contribution is 2.26. The van der Waals surface area contributed by atoms with Gasteiger partial charge in [-0.2, -0.15) is 0 Å². The summed E-state index contributed by atoms with van der Waals surface area (Å²) < 4.78 is 0. The first-order valence-corrected chi connectivity index (χ1v) is 6.01. The minimum Gasteiger partial charge on any atom is -0.508 e. The van der Waals surface area contributed by atoms with Crippen molar-refractivity contribution < 1.29 is 5.11 Å². The zero-order valence-electron chi connectivity index (χ0n) is 10.8. The second-order valence-corrected chi connectivity index (χ2v) is 4.90. The van der Waals surface area contributed by atoms with Crippen molar-refractivity contribution in [2.45, 2.75) is 33.1 Å². The Balaban J connectivity index is 2.84. The van der Waals surface area contributed by atoms with Crippen molar-refractivity contribution in [3.8, 4) is 5.75 Å². The lowest BCUT2D eigenvalue weighted by Crippen LogP contribution is -2.36. The summed E-state index contributed by atoms with van der Waals surface area (Å²) in [7, 11) is 0. The number of aromatic hydroxyl groups is 1. The number of phenolic OH excluding ortho intramolecular Hbond substituents is 1. The van der Waals surface area contributed by atoms with E-state index < -0.39 is 0 Å². The van der Waals surface area contributed by atoms with Gasteiger partial charge in [-0.05, 0) is 30.8 Å². The Bertz CT molecular complexity index is 329. The molecule has 0 aliphatic heterocycles. The van der Waals surface area contributed by atoms with Gasteiger partial charge in [-0.25, -0.2) is 0 Å². The lowest BCUT2D eigenvalue weighted by molar-refractivity contribution is 0.244. The summed E-state index contributed by atoms with van der Waals surface area (Å²) in [4.78, 5) is 2.41. The molecule has 0 unspecified atom stereocenters. The number of rotatable bonds is 5. The van der Waals surface area contributed by atoms with E-state index in [4.69, 9.17) is 0 Å². The van der Waals surface area contributed by atoms with Crippen LogP contribution in [-0.4, -0.2) is 29.6 Å². The molecule has 0 atom stereocenters. The normalized spacial score (nSPS) is 12.1. The van der Waals surface area contributed by atoms with E-state index in [1.807, 2.05) is 12.1 Å². The van der Waals surface area contributed by atoms with Gasteiger partial charge in [-0.3, -0.25) is 0 Å². The van der Waals surface area contributed by atoms with Gasteiger partial charge in [0.1, 0.15) is 5.75 Å². The summed E-state index contributed by atoms with van der Waals surface area (Å²) >= 11 is 0. The fraction of sp³-hybridized carbons (Fsp3) is 0.571. The Kier molecular flexibility index (Phi) is 4.36. The molecular weight excluding hydrogens is 198 g/mol. The van der Waals surface area contributed by atoms with Crippen LogP contribution in [0.4, 0.5) is 0 Å². The molecule has 0 bridgehead atoms. The zero-order chi connectivity index (χ0) is 12.2. The number of benzene rings is 1. The Morgan fingerprint density at radius 1 is 1.19 bits per heavy atom. The van der Waals surface area contributed by atoms with Crippen LogP contribution in [0.5, 0.6) is 5.75 Å². The lowest BCUT2D eigenvalue weighted by atomic mass is 9.84. The predicted octanol–water partition coefficient (Wildman–Crippen LogP) is 3.01. The first-order valence-electron chi connectivity index (χ1n) is 6.01. The van der Waals surface area contributed by atoms with Gasteiger partial charge < -0.3 is 10.0 Å². The van der Waals surface area contributed by atoms with E-state index in [9.17, 15) is 5.11 Å². The maximum absolute atomic E-state index is 9.51. The van der Waals surface area contributed by atoms with E-state index in [-0.39, 0.29) is 5.41 Å². The molecule has 1 N–H and O–H groups in total. The zero-order valence-corrected chi connectivity index (χ0v) is 10.8. The molecule has 16 heavy (non-hydrogen) atoms. The third-order valence-corrected chi connectivity index (χ3v) is 3.14. The summed E-state index contributed by atoms with van der Waals surface area (Å²) in [5.41, 5.74) is 1.27. The third-order valence-electron chi connectivity index (χ3n) is 3.14. The standard InChI is InChI=1S/C14H23NO/c1-5-15(6-2)11-14(3,4)12-8-7-9-13(16)10-12/h7-10,16H,5-6,11H2,1-4H3. The van der Waals surface area contributed by atoms with Crippen molar-refractivity contribution in [2.24, 2.45) is 0 Å². The minimum absolute atomic E-state index is 0.0742. The summed E-state index contributed by atoms with van der Waals surface area (Å²) in [6.07, 6.45) is 0. The summed E-state index contributed by atoms with van der Waals surface area (Å²) in [6.45, 7) is 12.0. The largest absolute Gasteiger partial charge is 0.508 e. The number of likely N-dealkylation sites (N-methyl/N-ethyl adjacent to an activating group) is 1. The molecule has 0 saturated carbocycles. The maximum Gasteiger partial charge on any atom is 0.115 e. The quantitative estimate of drug-likeness (QED) is 0.826. The summed E-state index contributed by atoms with van der Waals surface area (Å²) in [5.74, 6) is 0.352. The van der Waals surface area contributed by atoms with Crippen LogP contribution < -0.4 is 0 Å². The van der Waals surface area contributed by atoms with Gasteiger partial charge in [0.2, 0.25) is 0 Å².